The van der Waals surface area contributed by atoms with Crippen molar-refractivity contribution in [3.05, 3.63) is 83.4 Å². The average Bonchev–Trinajstić information content (AvgIpc) is 2.90. The molecule has 4 aromatic rings. The number of nitrogens with one attached hydrogen (secondary N) is 1. The lowest BCUT2D eigenvalue weighted by Crippen LogP contribution is -2.35. The van der Waals surface area contributed by atoms with Gasteiger partial charge in [0, 0.05) is 29.1 Å². The van der Waals surface area contributed by atoms with Gasteiger partial charge in [-0.05, 0) is 49.2 Å². The number of para-hydroxylation sites is 1. The molecule has 1 aromatic heterocycles. The first kappa shape index (κ1) is 24.2. The predicted octanol–water partition coefficient (Wildman–Crippen LogP) is 5.69. The normalized spacial score (nSPS) is 14.6. The monoisotopic (exact) mass is 521 g/mol. The summed E-state index contributed by atoms with van der Waals surface area (Å²) >= 11 is 6.38. The van der Waals surface area contributed by atoms with E-state index in [9.17, 15) is 18.3 Å². The molecular formula is C27H24ClN3O4S. The molecular weight excluding hydrogens is 498 g/mol. The van der Waals surface area contributed by atoms with E-state index in [0.29, 0.717) is 45.8 Å². The predicted molar refractivity (Wildman–Crippen MR) is 141 cm³/mol. The van der Waals surface area contributed by atoms with Crippen LogP contribution in [0.15, 0.2) is 77.7 Å². The van der Waals surface area contributed by atoms with E-state index >= 15 is 0 Å². The Hall–Kier alpha value is -3.46. The summed E-state index contributed by atoms with van der Waals surface area (Å²) in [6, 6.07) is 20.0. The molecule has 0 radical (unpaired) electrons. The van der Waals surface area contributed by atoms with E-state index in [1.807, 2.05) is 24.3 Å². The highest BCUT2D eigenvalue weighted by Crippen LogP contribution is 2.32. The molecule has 0 unspecified atom stereocenters. The Balaban J connectivity index is 1.53. The van der Waals surface area contributed by atoms with Crippen LogP contribution < -0.4 is 5.32 Å². The summed E-state index contributed by atoms with van der Waals surface area (Å²) in [6.07, 6.45) is 2.62. The number of halogens is 1. The number of rotatable bonds is 5. The van der Waals surface area contributed by atoms with Gasteiger partial charge in [0.15, 0.2) is 0 Å². The van der Waals surface area contributed by atoms with Crippen LogP contribution in [0.3, 0.4) is 0 Å². The Labute approximate surface area is 214 Å². The number of phenols is 1. The zero-order chi connectivity index (χ0) is 25.3. The molecule has 9 heteroatoms. The summed E-state index contributed by atoms with van der Waals surface area (Å²) in [5.74, 6) is -0.740. The Morgan fingerprint density at radius 1 is 0.944 bits per heavy atom. The Bertz CT molecular complexity index is 1570. The molecule has 0 spiro atoms. The number of hydrogen-bond acceptors (Lipinski definition) is 5. The quantitative estimate of drug-likeness (QED) is 0.329. The maximum absolute atomic E-state index is 13.5. The Morgan fingerprint density at radius 3 is 2.44 bits per heavy atom. The lowest BCUT2D eigenvalue weighted by molar-refractivity contribution is 0.102. The second kappa shape index (κ2) is 9.89. The topological polar surface area (TPSA) is 99.6 Å². The highest BCUT2D eigenvalue weighted by molar-refractivity contribution is 7.89. The number of aromatic nitrogens is 1. The number of pyridine rings is 1. The van der Waals surface area contributed by atoms with E-state index < -0.39 is 15.9 Å². The van der Waals surface area contributed by atoms with Crippen molar-refractivity contribution < 1.29 is 18.3 Å². The Kier molecular flexibility index (Phi) is 6.66. The fraction of sp³-hybridized carbons (Fsp3) is 0.185. The molecule has 0 aliphatic carbocycles. The van der Waals surface area contributed by atoms with Crippen molar-refractivity contribution in [2.24, 2.45) is 0 Å². The summed E-state index contributed by atoms with van der Waals surface area (Å²) in [5, 5.41) is 14.2. The fourth-order valence-corrected chi connectivity index (χ4v) is 6.17. The second-order valence-corrected chi connectivity index (χ2v) is 11.0. The van der Waals surface area contributed by atoms with Gasteiger partial charge in [-0.15, -0.1) is 0 Å². The number of piperidine rings is 1. The van der Waals surface area contributed by atoms with Gasteiger partial charge in [0.2, 0.25) is 10.0 Å². The van der Waals surface area contributed by atoms with E-state index in [1.165, 1.54) is 22.5 Å². The zero-order valence-electron chi connectivity index (χ0n) is 19.3. The fourth-order valence-electron chi connectivity index (χ4n) is 4.39. The second-order valence-electron chi connectivity index (χ2n) is 8.65. The molecule has 36 heavy (non-hydrogen) atoms. The van der Waals surface area contributed by atoms with Crippen LogP contribution in [0.1, 0.15) is 29.6 Å². The highest BCUT2D eigenvalue weighted by Gasteiger charge is 2.27. The summed E-state index contributed by atoms with van der Waals surface area (Å²) in [7, 11) is -3.74. The van der Waals surface area contributed by atoms with Gasteiger partial charge < -0.3 is 10.4 Å². The first-order chi connectivity index (χ1) is 17.3. The molecule has 2 N–H and O–H groups in total. The van der Waals surface area contributed by atoms with Gasteiger partial charge in [-0.2, -0.15) is 4.31 Å². The number of sulfonamides is 1. The smallest absolute Gasteiger partial charge is 0.256 e. The van der Waals surface area contributed by atoms with Crippen molar-refractivity contribution in [2.45, 2.75) is 24.2 Å². The van der Waals surface area contributed by atoms with E-state index in [1.54, 1.807) is 30.3 Å². The van der Waals surface area contributed by atoms with Crippen LogP contribution in [0.4, 0.5) is 5.69 Å². The standard InChI is InChI=1S/C27H24ClN3O4S/c28-22-10-4-2-9-20(22)24-17-21(19-8-3-5-11-23(19)29-24)27(33)30-25-16-18(12-13-26(25)32)36(34,35)31-14-6-1-7-15-31/h2-5,8-13,16-17,32H,1,6-7,14-15H2,(H,30,33). The molecule has 1 aliphatic rings. The van der Waals surface area contributed by atoms with Gasteiger partial charge in [-0.1, -0.05) is 54.4 Å². The number of hydrogen-bond donors (Lipinski definition) is 2. The molecule has 184 valence electrons. The minimum absolute atomic E-state index is 0.0123. The molecule has 1 aliphatic heterocycles. The van der Waals surface area contributed by atoms with Crippen molar-refractivity contribution in [1.29, 1.82) is 0 Å². The molecule has 0 bridgehead atoms. The van der Waals surface area contributed by atoms with Crippen LogP contribution >= 0.6 is 11.6 Å². The first-order valence-corrected chi connectivity index (χ1v) is 13.5. The van der Waals surface area contributed by atoms with Gasteiger partial charge >= 0.3 is 0 Å². The minimum atomic E-state index is -3.74. The van der Waals surface area contributed by atoms with Crippen LogP contribution in [0.5, 0.6) is 5.75 Å². The van der Waals surface area contributed by atoms with E-state index in [4.69, 9.17) is 11.6 Å². The lowest BCUT2D eigenvalue weighted by atomic mass is 10.0. The molecule has 1 amide bonds. The van der Waals surface area contributed by atoms with E-state index in [-0.39, 0.29) is 16.3 Å². The van der Waals surface area contributed by atoms with Crippen molar-refractivity contribution in [1.82, 2.24) is 9.29 Å². The third kappa shape index (κ3) is 4.67. The van der Waals surface area contributed by atoms with Crippen LogP contribution in [-0.4, -0.2) is 41.8 Å². The molecule has 1 saturated heterocycles. The number of benzene rings is 3. The number of carbonyl (C=O) groups is 1. The summed E-state index contributed by atoms with van der Waals surface area (Å²) in [4.78, 5) is 18.2. The summed E-state index contributed by atoms with van der Waals surface area (Å²) in [6.45, 7) is 0.914. The van der Waals surface area contributed by atoms with Crippen LogP contribution in [0.2, 0.25) is 5.02 Å². The largest absolute Gasteiger partial charge is 0.506 e. The number of fused-ring (bicyclic) bond motifs is 1. The third-order valence-electron chi connectivity index (χ3n) is 6.28. The van der Waals surface area contributed by atoms with Crippen molar-refractivity contribution in [2.75, 3.05) is 18.4 Å². The number of phenolic OH excluding ortho intramolecular Hbond substituents is 1. The van der Waals surface area contributed by atoms with Crippen LogP contribution in [0, 0.1) is 0 Å². The molecule has 2 heterocycles. The number of anilines is 1. The van der Waals surface area contributed by atoms with Gasteiger partial charge in [0.25, 0.3) is 5.91 Å². The van der Waals surface area contributed by atoms with E-state index in [0.717, 1.165) is 19.3 Å². The average molecular weight is 522 g/mol. The van der Waals surface area contributed by atoms with Crippen molar-refractivity contribution >= 4 is 44.1 Å². The molecule has 7 nitrogen and oxygen atoms in total. The van der Waals surface area contributed by atoms with Crippen molar-refractivity contribution in [3.8, 4) is 17.0 Å². The maximum Gasteiger partial charge on any atom is 0.256 e. The first-order valence-electron chi connectivity index (χ1n) is 11.6. The minimum Gasteiger partial charge on any atom is -0.506 e. The summed E-state index contributed by atoms with van der Waals surface area (Å²) < 4.78 is 27.7. The third-order valence-corrected chi connectivity index (χ3v) is 8.50. The van der Waals surface area contributed by atoms with Crippen LogP contribution in [-0.2, 0) is 10.0 Å². The highest BCUT2D eigenvalue weighted by atomic mass is 35.5. The number of carbonyl (C=O) groups excluding carboxylic acids is 1. The van der Waals surface area contributed by atoms with Crippen LogP contribution in [0.25, 0.3) is 22.2 Å². The zero-order valence-corrected chi connectivity index (χ0v) is 20.9. The molecule has 3 aromatic carbocycles. The van der Waals surface area contributed by atoms with Gasteiger partial charge in [-0.3, -0.25) is 4.79 Å². The summed E-state index contributed by atoms with van der Waals surface area (Å²) in [5.41, 5.74) is 2.13. The maximum atomic E-state index is 13.5. The number of amides is 1. The Morgan fingerprint density at radius 2 is 1.67 bits per heavy atom. The molecule has 0 saturated carbocycles. The number of aromatic hydroxyl groups is 1. The van der Waals surface area contributed by atoms with Gasteiger partial charge in [-0.25, -0.2) is 13.4 Å². The van der Waals surface area contributed by atoms with Crippen molar-refractivity contribution in [3.63, 3.8) is 0 Å². The molecule has 0 atom stereocenters. The molecule has 1 fully saturated rings. The SMILES string of the molecule is O=C(Nc1cc(S(=O)(=O)N2CCCCC2)ccc1O)c1cc(-c2ccccc2Cl)nc2ccccc12. The van der Waals surface area contributed by atoms with Gasteiger partial charge in [0.05, 0.1) is 27.4 Å². The van der Waals surface area contributed by atoms with E-state index in [2.05, 4.69) is 10.3 Å². The number of nitrogens with zero attached hydrogens (tertiary/aromatic N) is 2. The van der Waals surface area contributed by atoms with Gasteiger partial charge in [0.1, 0.15) is 5.75 Å². The lowest BCUT2D eigenvalue weighted by Gasteiger charge is -2.26. The molecule has 5 rings (SSSR count).